The number of hydrogen-bond acceptors (Lipinski definition) is 12. The Morgan fingerprint density at radius 3 is 1.73 bits per heavy atom. The van der Waals surface area contributed by atoms with E-state index in [0.717, 1.165) is 51.4 Å². The molecule has 1 saturated carbocycles. The highest BCUT2D eigenvalue weighted by Gasteiger charge is 2.51. The fourth-order valence-corrected chi connectivity index (χ4v) is 5.80. The van der Waals surface area contributed by atoms with Crippen molar-refractivity contribution in [1.29, 1.82) is 0 Å². The first-order chi connectivity index (χ1) is 23.4. The van der Waals surface area contributed by atoms with Crippen molar-refractivity contribution in [3.8, 4) is 0 Å². The summed E-state index contributed by atoms with van der Waals surface area (Å²) < 4.78 is 33.0. The molecule has 6 unspecified atom stereocenters. The zero-order valence-electron chi connectivity index (χ0n) is 29.0. The van der Waals surface area contributed by atoms with E-state index >= 15 is 0 Å². The van der Waals surface area contributed by atoms with E-state index in [0.29, 0.717) is 19.3 Å². The first-order valence-corrected chi connectivity index (χ1v) is 18.9. The molecule has 1 rings (SSSR count). The van der Waals surface area contributed by atoms with Crippen LogP contribution in [-0.2, 0) is 32.7 Å². The second-order valence-electron chi connectivity index (χ2n) is 12.0. The number of phosphoric acid groups is 1. The summed E-state index contributed by atoms with van der Waals surface area (Å²) in [6, 6.07) is 0. The summed E-state index contributed by atoms with van der Waals surface area (Å²) in [5.74, 6) is -1.21. The molecule has 6 N–H and O–H groups in total. The second kappa shape index (κ2) is 26.6. The van der Waals surface area contributed by atoms with Gasteiger partial charge in [0, 0.05) is 12.8 Å². The monoisotopic (exact) mass is 718 g/mol. The summed E-state index contributed by atoms with van der Waals surface area (Å²) in [6.07, 6.45) is 13.9. The van der Waals surface area contributed by atoms with Crippen molar-refractivity contribution in [2.75, 3.05) is 13.2 Å². The van der Waals surface area contributed by atoms with E-state index in [1.807, 2.05) is 24.3 Å². The molecule has 0 aromatic carbocycles. The van der Waals surface area contributed by atoms with Crippen molar-refractivity contribution in [2.45, 2.75) is 146 Å². The van der Waals surface area contributed by atoms with Gasteiger partial charge in [0.1, 0.15) is 43.2 Å². The van der Waals surface area contributed by atoms with Crippen LogP contribution in [0, 0.1) is 0 Å². The average Bonchev–Trinajstić information content (AvgIpc) is 3.07. The smallest absolute Gasteiger partial charge is 0.462 e. The van der Waals surface area contributed by atoms with E-state index in [9.17, 15) is 44.6 Å². The number of phosphoric ester groups is 1. The number of rotatable bonds is 26. The van der Waals surface area contributed by atoms with Crippen LogP contribution >= 0.6 is 7.82 Å². The lowest BCUT2D eigenvalue weighted by Crippen LogP contribution is -2.64. The fourth-order valence-electron chi connectivity index (χ4n) is 4.83. The molecule has 49 heavy (non-hydrogen) atoms. The van der Waals surface area contributed by atoms with Crippen molar-refractivity contribution in [3.63, 3.8) is 0 Å². The third kappa shape index (κ3) is 20.3. The van der Waals surface area contributed by atoms with E-state index in [1.165, 1.54) is 6.42 Å². The lowest BCUT2D eigenvalue weighted by Gasteiger charge is -2.41. The molecule has 1 aliphatic carbocycles. The predicted octanol–water partition coefficient (Wildman–Crippen LogP) is 4.49. The van der Waals surface area contributed by atoms with E-state index < -0.39 is 75.7 Å². The molecule has 0 spiro atoms. The standard InChI is InChI=1S/C35H59O13P/c1-3-5-7-9-11-12-13-14-15-16-18-20-22-24-29(37)47-27(25-45-28(36)23-21-19-17-10-8-6-4-2)26-46-49(43,44)48-35-33(41)31(39)30(38)32(40)34(35)42/h5,7,11-12,14-15,18,20,27,30-35,38-42H,3-4,6,8-10,13,16-17,19,21-26H2,1-2H3,(H,43,44)/b7-5-,12-11-,15-14-,20-18-. The molecule has 0 radical (unpaired) electrons. The maximum atomic E-state index is 12.7. The Morgan fingerprint density at radius 2 is 1.16 bits per heavy atom. The first-order valence-electron chi connectivity index (χ1n) is 17.4. The molecule has 282 valence electrons. The SMILES string of the molecule is CC/C=C\C/C=C\C/C=C\C/C=C\CCC(=O)OC(COC(=O)CCCCCCCCC)COP(=O)(O)OC1C(O)C(O)C(O)C(O)C1O. The van der Waals surface area contributed by atoms with E-state index in [1.54, 1.807) is 0 Å². The molecule has 0 amide bonds. The van der Waals surface area contributed by atoms with Gasteiger partial charge in [0.15, 0.2) is 6.10 Å². The van der Waals surface area contributed by atoms with Crippen LogP contribution in [0.3, 0.4) is 0 Å². The van der Waals surface area contributed by atoms with Gasteiger partial charge in [0.2, 0.25) is 0 Å². The zero-order chi connectivity index (χ0) is 36.5. The van der Waals surface area contributed by atoms with E-state index in [2.05, 4.69) is 38.2 Å². The summed E-state index contributed by atoms with van der Waals surface area (Å²) in [5.41, 5.74) is 0. The molecule has 1 aliphatic rings. The third-order valence-corrected chi connectivity index (χ3v) is 8.68. The number of ether oxygens (including phenoxy) is 2. The summed E-state index contributed by atoms with van der Waals surface area (Å²) in [4.78, 5) is 35.1. The van der Waals surface area contributed by atoms with Crippen LogP contribution in [0.15, 0.2) is 48.6 Å². The van der Waals surface area contributed by atoms with Gasteiger partial charge in [-0.05, 0) is 38.5 Å². The lowest BCUT2D eigenvalue weighted by molar-refractivity contribution is -0.220. The van der Waals surface area contributed by atoms with Gasteiger partial charge in [-0.15, -0.1) is 0 Å². The number of aliphatic hydroxyl groups is 5. The van der Waals surface area contributed by atoms with Crippen LogP contribution in [0.25, 0.3) is 0 Å². The molecule has 0 aliphatic heterocycles. The van der Waals surface area contributed by atoms with Gasteiger partial charge in [-0.3, -0.25) is 18.6 Å². The number of esters is 2. The van der Waals surface area contributed by atoms with Gasteiger partial charge >= 0.3 is 19.8 Å². The summed E-state index contributed by atoms with van der Waals surface area (Å²) >= 11 is 0. The first kappa shape index (κ1) is 44.8. The molecule has 13 nitrogen and oxygen atoms in total. The quantitative estimate of drug-likeness (QED) is 0.0316. The second-order valence-corrected chi connectivity index (χ2v) is 13.4. The summed E-state index contributed by atoms with van der Waals surface area (Å²) in [7, 11) is -5.12. The Hall–Kier alpha value is -2.19. The predicted molar refractivity (Wildman–Crippen MR) is 184 cm³/mol. The average molecular weight is 719 g/mol. The molecule has 0 saturated heterocycles. The van der Waals surface area contributed by atoms with Gasteiger partial charge < -0.3 is 39.9 Å². The van der Waals surface area contributed by atoms with Crippen molar-refractivity contribution < 1.29 is 63.1 Å². The van der Waals surface area contributed by atoms with Crippen molar-refractivity contribution in [1.82, 2.24) is 0 Å². The molecule has 1 fully saturated rings. The van der Waals surface area contributed by atoms with Gasteiger partial charge in [-0.1, -0.05) is 101 Å². The van der Waals surface area contributed by atoms with Gasteiger partial charge in [-0.2, -0.15) is 0 Å². The van der Waals surface area contributed by atoms with Crippen molar-refractivity contribution in [2.24, 2.45) is 0 Å². The van der Waals surface area contributed by atoms with Crippen molar-refractivity contribution >= 4 is 19.8 Å². The van der Waals surface area contributed by atoms with Crippen molar-refractivity contribution in [3.05, 3.63) is 48.6 Å². The molecular weight excluding hydrogens is 659 g/mol. The number of unbranched alkanes of at least 4 members (excludes halogenated alkanes) is 6. The maximum absolute atomic E-state index is 12.7. The normalized spacial score (nSPS) is 25.0. The Balaban J connectivity index is 2.65. The number of carbonyl (C=O) groups is 2. The minimum Gasteiger partial charge on any atom is -0.462 e. The van der Waals surface area contributed by atoms with Gasteiger partial charge in [0.05, 0.1) is 6.61 Å². The third-order valence-electron chi connectivity index (χ3n) is 7.70. The molecule has 0 heterocycles. The Labute approximate surface area is 290 Å². The topological polar surface area (TPSA) is 210 Å². The van der Waals surface area contributed by atoms with Crippen LogP contribution in [0.4, 0.5) is 0 Å². The molecular formula is C35H59O13P. The lowest BCUT2D eigenvalue weighted by atomic mass is 9.85. The maximum Gasteiger partial charge on any atom is 0.472 e. The Morgan fingerprint density at radius 1 is 0.653 bits per heavy atom. The zero-order valence-corrected chi connectivity index (χ0v) is 29.9. The highest BCUT2D eigenvalue weighted by Crippen LogP contribution is 2.47. The Bertz CT molecular complexity index is 1060. The molecule has 0 aromatic rings. The summed E-state index contributed by atoms with van der Waals surface area (Å²) in [5, 5.41) is 49.7. The van der Waals surface area contributed by atoms with Crippen LogP contribution in [0.5, 0.6) is 0 Å². The van der Waals surface area contributed by atoms with Crippen LogP contribution in [0.1, 0.15) is 104 Å². The summed E-state index contributed by atoms with van der Waals surface area (Å²) in [6.45, 7) is 3.00. The van der Waals surface area contributed by atoms with Crippen LogP contribution in [0.2, 0.25) is 0 Å². The largest absolute Gasteiger partial charge is 0.472 e. The molecule has 0 bridgehead atoms. The molecule has 0 aromatic heterocycles. The van der Waals surface area contributed by atoms with E-state index in [4.69, 9.17) is 18.5 Å². The number of hydrogen-bond donors (Lipinski definition) is 6. The number of allylic oxidation sites excluding steroid dienone is 8. The van der Waals surface area contributed by atoms with Gasteiger partial charge in [0.25, 0.3) is 0 Å². The van der Waals surface area contributed by atoms with Gasteiger partial charge in [-0.25, -0.2) is 4.57 Å². The minimum atomic E-state index is -5.12. The highest BCUT2D eigenvalue weighted by atomic mass is 31.2. The molecule has 14 heteroatoms. The highest BCUT2D eigenvalue weighted by molar-refractivity contribution is 7.47. The minimum absolute atomic E-state index is 0.0252. The number of aliphatic hydroxyl groups excluding tert-OH is 5. The fraction of sp³-hybridized carbons (Fsp3) is 0.714. The Kier molecular flexibility index (Phi) is 24.3. The van der Waals surface area contributed by atoms with E-state index in [-0.39, 0.29) is 12.8 Å². The number of carbonyl (C=O) groups excluding carboxylic acids is 2. The van der Waals surface area contributed by atoms with Crippen LogP contribution in [-0.4, -0.2) is 98.3 Å². The molecule has 6 atom stereocenters. The van der Waals surface area contributed by atoms with Crippen LogP contribution < -0.4 is 0 Å².